The molecule has 0 spiro atoms. The lowest BCUT2D eigenvalue weighted by molar-refractivity contribution is -0.384. The van der Waals surface area contributed by atoms with Gasteiger partial charge < -0.3 is 9.73 Å². The number of nitrogens with one attached hydrogen (secondary N) is 1. The maximum Gasteiger partial charge on any atom is 0.296 e. The summed E-state index contributed by atoms with van der Waals surface area (Å²) in [7, 11) is 0. The van der Waals surface area contributed by atoms with Crippen molar-refractivity contribution in [1.82, 2.24) is 4.98 Å². The van der Waals surface area contributed by atoms with Gasteiger partial charge in [0.15, 0.2) is 5.58 Å². The lowest BCUT2D eigenvalue weighted by Gasteiger charge is -2.04. The van der Waals surface area contributed by atoms with Gasteiger partial charge in [-0.1, -0.05) is 6.08 Å². The normalized spacial score (nSPS) is 12.3. The molecule has 17 heavy (non-hydrogen) atoms. The van der Waals surface area contributed by atoms with E-state index in [9.17, 15) is 10.1 Å². The van der Waals surface area contributed by atoms with Crippen LogP contribution in [0.3, 0.4) is 0 Å². The second kappa shape index (κ2) is 4.25. The molecule has 1 aromatic carbocycles. The van der Waals surface area contributed by atoms with E-state index in [0.717, 1.165) is 0 Å². The molecule has 1 atom stereocenters. The maximum atomic E-state index is 10.6. The lowest BCUT2D eigenvalue weighted by Crippen LogP contribution is -2.11. The van der Waals surface area contributed by atoms with E-state index >= 15 is 0 Å². The second-order valence-corrected chi connectivity index (χ2v) is 3.60. The fourth-order valence-corrected chi connectivity index (χ4v) is 1.34. The van der Waals surface area contributed by atoms with Crippen molar-refractivity contribution in [2.75, 3.05) is 5.32 Å². The number of nitro benzene ring substituents is 1. The number of benzene rings is 1. The van der Waals surface area contributed by atoms with E-state index in [1.54, 1.807) is 12.1 Å². The average Bonchev–Trinajstić information content (AvgIpc) is 2.69. The van der Waals surface area contributed by atoms with Crippen LogP contribution in [0, 0.1) is 10.1 Å². The number of hydrogen-bond acceptors (Lipinski definition) is 5. The molecule has 88 valence electrons. The molecule has 6 nitrogen and oxygen atoms in total. The largest absolute Gasteiger partial charge is 0.423 e. The number of hydrogen-bond donors (Lipinski definition) is 1. The minimum Gasteiger partial charge on any atom is -0.423 e. The Morgan fingerprint density at radius 2 is 2.41 bits per heavy atom. The summed E-state index contributed by atoms with van der Waals surface area (Å²) < 4.78 is 5.36. The number of nitro groups is 1. The molecule has 0 bridgehead atoms. The van der Waals surface area contributed by atoms with Gasteiger partial charge in [-0.3, -0.25) is 10.1 Å². The summed E-state index contributed by atoms with van der Waals surface area (Å²) in [6.07, 6.45) is 1.71. The van der Waals surface area contributed by atoms with Crippen LogP contribution in [0.5, 0.6) is 0 Å². The Balaban J connectivity index is 2.36. The minimum atomic E-state index is -0.471. The Morgan fingerprint density at radius 3 is 3.06 bits per heavy atom. The number of non-ortho nitro benzene ring substituents is 1. The van der Waals surface area contributed by atoms with Gasteiger partial charge in [0.05, 0.1) is 11.0 Å². The number of anilines is 1. The zero-order chi connectivity index (χ0) is 12.4. The molecule has 1 aromatic heterocycles. The first-order valence-corrected chi connectivity index (χ1v) is 5.04. The first-order valence-electron chi connectivity index (χ1n) is 5.04. The Morgan fingerprint density at radius 1 is 1.65 bits per heavy atom. The first-order chi connectivity index (χ1) is 8.10. The summed E-state index contributed by atoms with van der Waals surface area (Å²) in [5, 5.41) is 13.6. The molecule has 0 amide bonds. The number of fused-ring (bicyclic) bond motifs is 1. The van der Waals surface area contributed by atoms with E-state index in [-0.39, 0.29) is 11.7 Å². The molecule has 0 fully saturated rings. The van der Waals surface area contributed by atoms with Gasteiger partial charge in [0.1, 0.15) is 5.52 Å². The van der Waals surface area contributed by atoms with E-state index in [4.69, 9.17) is 4.42 Å². The predicted octanol–water partition coefficient (Wildman–Crippen LogP) is 2.72. The highest BCUT2D eigenvalue weighted by atomic mass is 16.6. The van der Waals surface area contributed by atoms with Crippen molar-refractivity contribution in [2.24, 2.45) is 0 Å². The van der Waals surface area contributed by atoms with Gasteiger partial charge in [-0.2, -0.15) is 4.98 Å². The second-order valence-electron chi connectivity index (χ2n) is 3.60. The fraction of sp³-hybridized carbons (Fsp3) is 0.182. The van der Waals surface area contributed by atoms with E-state index in [0.29, 0.717) is 17.1 Å². The molecule has 6 heteroatoms. The number of aromatic nitrogens is 1. The van der Waals surface area contributed by atoms with Gasteiger partial charge in [-0.25, -0.2) is 0 Å². The first kappa shape index (κ1) is 11.1. The summed E-state index contributed by atoms with van der Waals surface area (Å²) in [6, 6.07) is 4.64. The molecule has 1 heterocycles. The third-order valence-corrected chi connectivity index (χ3v) is 2.29. The Kier molecular flexibility index (Phi) is 2.78. The molecule has 0 saturated carbocycles. The monoisotopic (exact) mass is 233 g/mol. The molecule has 0 aliphatic carbocycles. The molecular weight excluding hydrogens is 222 g/mol. The van der Waals surface area contributed by atoms with Crippen molar-refractivity contribution in [1.29, 1.82) is 0 Å². The van der Waals surface area contributed by atoms with Gasteiger partial charge in [0.2, 0.25) is 0 Å². The number of nitrogens with zero attached hydrogens (tertiary/aromatic N) is 2. The lowest BCUT2D eigenvalue weighted by atomic mass is 10.3. The topological polar surface area (TPSA) is 81.2 Å². The third-order valence-electron chi connectivity index (χ3n) is 2.29. The summed E-state index contributed by atoms with van der Waals surface area (Å²) in [6.45, 7) is 5.52. The maximum absolute atomic E-state index is 10.6. The van der Waals surface area contributed by atoms with Crippen molar-refractivity contribution in [3.8, 4) is 0 Å². The SMILES string of the molecule is C=CC(C)Nc1nc2ccc([N+](=O)[O-])cc2o1. The molecular formula is C11H11N3O3. The Labute approximate surface area is 97.1 Å². The summed E-state index contributed by atoms with van der Waals surface area (Å²) >= 11 is 0. The van der Waals surface area contributed by atoms with Crippen LogP contribution in [0.4, 0.5) is 11.7 Å². The minimum absolute atomic E-state index is 0.0121. The van der Waals surface area contributed by atoms with Crippen LogP contribution in [0.2, 0.25) is 0 Å². The van der Waals surface area contributed by atoms with Crippen LogP contribution in [0.25, 0.3) is 11.1 Å². The summed E-state index contributed by atoms with van der Waals surface area (Å²) in [4.78, 5) is 14.3. The Hall–Kier alpha value is -2.37. The smallest absolute Gasteiger partial charge is 0.296 e. The van der Waals surface area contributed by atoms with Crippen LogP contribution >= 0.6 is 0 Å². The van der Waals surface area contributed by atoms with E-state index in [1.165, 1.54) is 12.1 Å². The van der Waals surface area contributed by atoms with Gasteiger partial charge in [-0.05, 0) is 13.0 Å². The standard InChI is InChI=1S/C11H11N3O3/c1-3-7(2)12-11-13-9-5-4-8(14(15)16)6-10(9)17-11/h3-7H,1H2,2H3,(H,12,13). The van der Waals surface area contributed by atoms with Gasteiger partial charge in [-0.15, -0.1) is 6.58 Å². The molecule has 0 saturated heterocycles. The van der Waals surface area contributed by atoms with Crippen molar-refractivity contribution < 1.29 is 9.34 Å². The molecule has 1 unspecified atom stereocenters. The summed E-state index contributed by atoms with van der Waals surface area (Å²) in [5.41, 5.74) is 0.948. The molecule has 0 radical (unpaired) electrons. The highest BCUT2D eigenvalue weighted by molar-refractivity contribution is 5.77. The quantitative estimate of drug-likeness (QED) is 0.498. The molecule has 0 aliphatic rings. The number of oxazole rings is 1. The molecule has 2 rings (SSSR count). The van der Waals surface area contributed by atoms with E-state index in [1.807, 2.05) is 6.92 Å². The van der Waals surface area contributed by atoms with Crippen molar-refractivity contribution in [3.05, 3.63) is 41.0 Å². The number of rotatable bonds is 4. The molecule has 1 N–H and O–H groups in total. The van der Waals surface area contributed by atoms with E-state index < -0.39 is 4.92 Å². The zero-order valence-electron chi connectivity index (χ0n) is 9.21. The average molecular weight is 233 g/mol. The van der Waals surface area contributed by atoms with Crippen LogP contribution in [-0.2, 0) is 0 Å². The molecule has 2 aromatic rings. The van der Waals surface area contributed by atoms with Crippen LogP contribution < -0.4 is 5.32 Å². The van der Waals surface area contributed by atoms with Crippen molar-refractivity contribution in [2.45, 2.75) is 13.0 Å². The van der Waals surface area contributed by atoms with Crippen molar-refractivity contribution in [3.63, 3.8) is 0 Å². The van der Waals surface area contributed by atoms with Gasteiger partial charge in [0.25, 0.3) is 11.7 Å². The highest BCUT2D eigenvalue weighted by Gasteiger charge is 2.12. The van der Waals surface area contributed by atoms with E-state index in [2.05, 4.69) is 16.9 Å². The van der Waals surface area contributed by atoms with Gasteiger partial charge >= 0.3 is 0 Å². The highest BCUT2D eigenvalue weighted by Crippen LogP contribution is 2.23. The van der Waals surface area contributed by atoms with Crippen LogP contribution in [-0.4, -0.2) is 15.9 Å². The molecule has 0 aliphatic heterocycles. The van der Waals surface area contributed by atoms with Crippen LogP contribution in [0.15, 0.2) is 35.3 Å². The summed E-state index contributed by atoms with van der Waals surface area (Å²) in [5.74, 6) is 0. The zero-order valence-corrected chi connectivity index (χ0v) is 9.21. The predicted molar refractivity (Wildman–Crippen MR) is 63.9 cm³/mol. The van der Waals surface area contributed by atoms with Crippen LogP contribution in [0.1, 0.15) is 6.92 Å². The van der Waals surface area contributed by atoms with Gasteiger partial charge in [0, 0.05) is 12.1 Å². The fourth-order valence-electron chi connectivity index (χ4n) is 1.34. The Bertz CT molecular complexity index is 576. The third kappa shape index (κ3) is 2.25. The van der Waals surface area contributed by atoms with Crippen molar-refractivity contribution >= 4 is 22.8 Å².